The highest BCUT2D eigenvalue weighted by atomic mass is 16.6. The Bertz CT molecular complexity index is 2100. The molecule has 0 radical (unpaired) electrons. The summed E-state index contributed by atoms with van der Waals surface area (Å²) in [5.41, 5.74) is 1.98. The molecule has 3 atom stereocenters. The fourth-order valence-corrected chi connectivity index (χ4v) is 9.73. The van der Waals surface area contributed by atoms with Crippen molar-refractivity contribution >= 4 is 29.7 Å². The molecule has 13 nitrogen and oxygen atoms in total. The van der Waals surface area contributed by atoms with Crippen LogP contribution < -0.4 is 24.8 Å². The summed E-state index contributed by atoms with van der Waals surface area (Å²) in [6.07, 6.45) is 6.89. The van der Waals surface area contributed by atoms with Crippen molar-refractivity contribution in [1.82, 2.24) is 4.90 Å². The van der Waals surface area contributed by atoms with Gasteiger partial charge in [0.2, 0.25) is 5.76 Å². The van der Waals surface area contributed by atoms with Gasteiger partial charge in [0.05, 0.1) is 48.9 Å². The molecule has 1 aliphatic carbocycles. The Kier molecular flexibility index (Phi) is 13.1. The van der Waals surface area contributed by atoms with Crippen LogP contribution in [0.3, 0.4) is 0 Å². The lowest BCUT2D eigenvalue weighted by Crippen LogP contribution is -2.54. The molecule has 5 aliphatic rings. The van der Waals surface area contributed by atoms with Gasteiger partial charge in [-0.05, 0) is 100 Å². The minimum atomic E-state index is -1.28. The molecule has 2 aromatic carbocycles. The van der Waals surface area contributed by atoms with E-state index in [2.05, 4.69) is 9.89 Å². The number of ether oxygens (including phenoxy) is 5. The van der Waals surface area contributed by atoms with E-state index in [0.717, 1.165) is 60.6 Å². The third-order valence-electron chi connectivity index (χ3n) is 12.7. The van der Waals surface area contributed by atoms with Crippen LogP contribution in [0.15, 0.2) is 40.1 Å². The van der Waals surface area contributed by atoms with Crippen LogP contribution in [-0.2, 0) is 36.9 Å². The monoisotopic (exact) mass is 800 g/mol. The predicted octanol–water partition coefficient (Wildman–Crippen LogP) is 3.25. The molecule has 3 N–H and O–H groups in total. The summed E-state index contributed by atoms with van der Waals surface area (Å²) < 4.78 is 30.0. The number of carbonyl (C=O) groups excluding carboxylic acids is 3. The Morgan fingerprint density at radius 3 is 2.60 bits per heavy atom. The van der Waals surface area contributed by atoms with E-state index in [1.807, 2.05) is 24.3 Å². The van der Waals surface area contributed by atoms with Gasteiger partial charge in [-0.2, -0.15) is 0 Å². The van der Waals surface area contributed by atoms with Crippen molar-refractivity contribution in [3.8, 4) is 17.2 Å². The standard InChI is InChI=1S/C45H56N2O11/c1-4-56-44(52)43-33(25-49)38(29-9-11-36(51)31(23-29)27-8-10-35-28(22-27)12-16-46-35)39-41(55-3)32-24-37(57-40(32)34(26-50)42(39)58-43)45(53,15-5-6-20-48)30-13-18-47(19-14-30)17-7-21-54-2/h8,10,12,22,25,30-31,37,48,50,53H,4-7,9,11,13-21,23-24,26H2,1-3H3/b38-29-/t31-,37-,45+/m0/s1. The second-order valence-corrected chi connectivity index (χ2v) is 15.9. The summed E-state index contributed by atoms with van der Waals surface area (Å²) in [4.78, 5) is 47.3. The molecule has 312 valence electrons. The van der Waals surface area contributed by atoms with Crippen molar-refractivity contribution in [2.75, 3.05) is 60.2 Å². The van der Waals surface area contributed by atoms with Crippen LogP contribution >= 0.6 is 0 Å². The number of fused-ring (bicyclic) bond motifs is 3. The number of esters is 1. The number of ketones is 1. The Balaban J connectivity index is 1.33. The van der Waals surface area contributed by atoms with E-state index in [9.17, 15) is 29.7 Å². The maximum atomic E-state index is 13.6. The molecule has 0 spiro atoms. The van der Waals surface area contributed by atoms with Crippen LogP contribution in [0.1, 0.15) is 92.9 Å². The number of hydrogen-bond acceptors (Lipinski definition) is 13. The van der Waals surface area contributed by atoms with Gasteiger partial charge >= 0.3 is 5.97 Å². The maximum Gasteiger partial charge on any atom is 0.375 e. The van der Waals surface area contributed by atoms with Crippen LogP contribution in [0.5, 0.6) is 17.2 Å². The average Bonchev–Trinajstić information content (AvgIpc) is 3.91. The zero-order chi connectivity index (χ0) is 41.0. The Labute approximate surface area is 339 Å². The maximum absolute atomic E-state index is 13.6. The van der Waals surface area contributed by atoms with Gasteiger partial charge in [-0.1, -0.05) is 17.7 Å². The highest BCUT2D eigenvalue weighted by Gasteiger charge is 2.51. The number of piperidine rings is 1. The number of rotatable bonds is 16. The second kappa shape index (κ2) is 18.3. The number of aliphatic hydroxyl groups excluding tert-OH is 2. The Hall–Kier alpha value is -4.40. The summed E-state index contributed by atoms with van der Waals surface area (Å²) in [7, 11) is 3.22. The highest BCUT2D eigenvalue weighted by molar-refractivity contribution is 6.11. The molecule has 7 rings (SSSR count). The molecule has 13 heteroatoms. The van der Waals surface area contributed by atoms with Crippen LogP contribution in [0, 0.1) is 5.92 Å². The first-order valence-electron chi connectivity index (χ1n) is 20.7. The molecular formula is C45H56N2O11. The number of unbranched alkanes of at least 4 members (excludes halogenated alkanes) is 1. The number of aliphatic hydroxyl groups is 3. The van der Waals surface area contributed by atoms with E-state index in [4.69, 9.17) is 23.7 Å². The van der Waals surface area contributed by atoms with Gasteiger partial charge in [0, 0.05) is 56.8 Å². The molecule has 0 unspecified atom stereocenters. The summed E-state index contributed by atoms with van der Waals surface area (Å²) in [6, 6.07) is 5.86. The molecule has 4 aliphatic heterocycles. The molecule has 0 amide bonds. The van der Waals surface area contributed by atoms with Gasteiger partial charge in [-0.15, -0.1) is 0 Å². The van der Waals surface area contributed by atoms with Gasteiger partial charge < -0.3 is 43.9 Å². The van der Waals surface area contributed by atoms with E-state index < -0.39 is 30.2 Å². The van der Waals surface area contributed by atoms with Crippen molar-refractivity contribution in [3.63, 3.8) is 0 Å². The zero-order valence-corrected chi connectivity index (χ0v) is 33.8. The summed E-state index contributed by atoms with van der Waals surface area (Å²) in [6.45, 7) is 4.98. The van der Waals surface area contributed by atoms with Gasteiger partial charge in [-0.25, -0.2) is 4.79 Å². The van der Waals surface area contributed by atoms with Crippen LogP contribution in [0.2, 0.25) is 0 Å². The summed E-state index contributed by atoms with van der Waals surface area (Å²) >= 11 is 0. The van der Waals surface area contributed by atoms with E-state index in [1.165, 1.54) is 7.11 Å². The van der Waals surface area contributed by atoms with Gasteiger partial charge in [0.15, 0.2) is 6.29 Å². The Morgan fingerprint density at radius 1 is 1.09 bits per heavy atom. The normalized spacial score (nSPS) is 22.8. The van der Waals surface area contributed by atoms with E-state index in [0.29, 0.717) is 73.3 Å². The lowest BCUT2D eigenvalue weighted by atomic mass is 9.72. The van der Waals surface area contributed by atoms with Gasteiger partial charge in [0.1, 0.15) is 34.7 Å². The predicted molar refractivity (Wildman–Crippen MR) is 214 cm³/mol. The fraction of sp³-hybridized carbons (Fsp3) is 0.556. The minimum Gasteiger partial charge on any atom is -0.496 e. The number of methoxy groups -OCH3 is 2. The highest BCUT2D eigenvalue weighted by Crippen LogP contribution is 2.57. The number of nitrogens with zero attached hydrogens (tertiary/aromatic N) is 2. The molecule has 4 heterocycles. The number of likely N-dealkylation sites (tertiary alicyclic amines) is 1. The van der Waals surface area contributed by atoms with Crippen molar-refractivity contribution in [3.05, 3.63) is 67.9 Å². The minimum absolute atomic E-state index is 0.00576. The smallest absolute Gasteiger partial charge is 0.375 e. The number of carbonyl (C=O) groups is 3. The van der Waals surface area contributed by atoms with E-state index in [-0.39, 0.29) is 66.8 Å². The summed E-state index contributed by atoms with van der Waals surface area (Å²) in [5, 5.41) is 35.5. The number of aldehydes is 1. The average molecular weight is 801 g/mol. The molecule has 0 aromatic heterocycles. The first kappa shape index (κ1) is 41.7. The van der Waals surface area contributed by atoms with E-state index >= 15 is 0 Å². The Morgan fingerprint density at radius 2 is 1.90 bits per heavy atom. The van der Waals surface area contributed by atoms with E-state index in [1.54, 1.807) is 14.0 Å². The number of benzene rings is 2. The molecule has 0 bridgehead atoms. The topological polar surface area (TPSA) is 174 Å². The fourth-order valence-electron chi connectivity index (χ4n) is 9.73. The molecule has 2 fully saturated rings. The lowest BCUT2D eigenvalue weighted by molar-refractivity contribution is -0.141. The SMILES string of the molecule is CCOC(=O)C1=C(C=O)/C(=C2\CCC(=O)[C@H](c3ccc4c(c3)=CCN=4)C2)c2c(OC)c3c(c(CO)c2O1)O[C@H]([C@@](O)(CCCCO)C1CCN(CCCOC)CC1)C3. The van der Waals surface area contributed by atoms with Crippen molar-refractivity contribution < 1.29 is 53.4 Å². The van der Waals surface area contributed by atoms with Crippen molar-refractivity contribution in [1.29, 1.82) is 0 Å². The van der Waals surface area contributed by atoms with Crippen LogP contribution in [-0.4, -0.2) is 110 Å². The number of allylic oxidation sites excluding steroid dienone is 3. The third kappa shape index (κ3) is 7.87. The van der Waals surface area contributed by atoms with Crippen LogP contribution in [0.4, 0.5) is 0 Å². The summed E-state index contributed by atoms with van der Waals surface area (Å²) in [5.74, 6) is -0.944. The third-order valence-corrected chi connectivity index (χ3v) is 12.7. The molecule has 58 heavy (non-hydrogen) atoms. The number of hydrogen-bond donors (Lipinski definition) is 3. The lowest BCUT2D eigenvalue weighted by Gasteiger charge is -2.44. The van der Waals surface area contributed by atoms with Gasteiger partial charge in [-0.3, -0.25) is 14.6 Å². The first-order valence-corrected chi connectivity index (χ1v) is 20.7. The molecular weight excluding hydrogens is 744 g/mol. The zero-order valence-electron chi connectivity index (χ0n) is 33.8. The van der Waals surface area contributed by atoms with Crippen molar-refractivity contribution in [2.45, 2.75) is 95.4 Å². The molecule has 1 saturated heterocycles. The van der Waals surface area contributed by atoms with Gasteiger partial charge in [0.25, 0.3) is 0 Å². The molecule has 2 aromatic rings. The quantitative estimate of drug-likeness (QED) is 0.129. The van der Waals surface area contributed by atoms with Crippen LogP contribution in [0.25, 0.3) is 11.6 Å². The van der Waals surface area contributed by atoms with Crippen molar-refractivity contribution in [2.24, 2.45) is 10.9 Å². The number of Topliss-reactive ketones (excluding diaryl/α,β-unsaturated/α-hetero) is 1. The first-order chi connectivity index (χ1) is 28.2. The second-order valence-electron chi connectivity index (χ2n) is 15.9. The molecule has 1 saturated carbocycles. The largest absolute Gasteiger partial charge is 0.496 e.